The van der Waals surface area contributed by atoms with Crippen molar-refractivity contribution in [2.24, 2.45) is 0 Å². The molecule has 0 spiro atoms. The average Bonchev–Trinajstić information content (AvgIpc) is 2.81. The highest BCUT2D eigenvalue weighted by molar-refractivity contribution is 9.10. The van der Waals surface area contributed by atoms with E-state index in [-0.39, 0.29) is 28.8 Å². The SMILES string of the molecule is Cc1c(Br)c(C(F)(F)F)nn1CCC(=O)Nc1ccc(OC(F)(F)F)cc1. The van der Waals surface area contributed by atoms with Gasteiger partial charge in [-0.2, -0.15) is 18.3 Å². The molecular formula is C15H12BrF6N3O2. The summed E-state index contributed by atoms with van der Waals surface area (Å²) in [6, 6.07) is 4.45. The maximum absolute atomic E-state index is 12.8. The molecular weight excluding hydrogens is 448 g/mol. The molecule has 1 N–H and O–H groups in total. The Morgan fingerprint density at radius 2 is 1.78 bits per heavy atom. The number of carbonyl (C=O) groups is 1. The summed E-state index contributed by atoms with van der Waals surface area (Å²) in [5.74, 6) is -0.990. The quantitative estimate of drug-likeness (QED) is 0.647. The van der Waals surface area contributed by atoms with Crippen molar-refractivity contribution in [2.75, 3.05) is 5.32 Å². The van der Waals surface area contributed by atoms with Crippen molar-refractivity contribution >= 4 is 27.5 Å². The molecule has 2 rings (SSSR count). The number of anilines is 1. The molecule has 0 unspecified atom stereocenters. The molecule has 2 aromatic rings. The predicted octanol–water partition coefficient (Wildman–Crippen LogP) is 4.90. The zero-order valence-corrected chi connectivity index (χ0v) is 15.2. The summed E-state index contributed by atoms with van der Waals surface area (Å²) < 4.78 is 79.2. The molecule has 1 aromatic carbocycles. The van der Waals surface area contributed by atoms with E-state index in [4.69, 9.17) is 0 Å². The zero-order valence-electron chi connectivity index (χ0n) is 13.6. The first kappa shape index (κ1) is 21.1. The summed E-state index contributed by atoms with van der Waals surface area (Å²) in [6.07, 6.45) is -9.64. The molecule has 0 aliphatic carbocycles. The number of amides is 1. The predicted molar refractivity (Wildman–Crippen MR) is 86.0 cm³/mol. The van der Waals surface area contributed by atoms with Gasteiger partial charge in [-0.15, -0.1) is 13.2 Å². The molecule has 0 saturated heterocycles. The van der Waals surface area contributed by atoms with Crippen LogP contribution in [0.25, 0.3) is 0 Å². The number of hydrogen-bond acceptors (Lipinski definition) is 3. The Balaban J connectivity index is 1.95. The minimum absolute atomic E-state index is 0.110. The lowest BCUT2D eigenvalue weighted by molar-refractivity contribution is -0.274. The van der Waals surface area contributed by atoms with Crippen molar-refractivity contribution in [3.8, 4) is 5.75 Å². The standard InChI is InChI=1S/C15H12BrF6N3O2/c1-8-12(16)13(14(17,18)19)24-25(8)7-6-11(26)23-9-2-4-10(5-3-9)27-15(20,21)22/h2-5H,6-7H2,1H3,(H,23,26). The van der Waals surface area contributed by atoms with Gasteiger partial charge in [0.15, 0.2) is 5.69 Å². The molecule has 148 valence electrons. The number of ether oxygens (including phenoxy) is 1. The second kappa shape index (κ2) is 7.79. The van der Waals surface area contributed by atoms with Crippen molar-refractivity contribution in [3.63, 3.8) is 0 Å². The molecule has 0 aliphatic heterocycles. The number of hydrogen-bond donors (Lipinski definition) is 1. The summed E-state index contributed by atoms with van der Waals surface area (Å²) in [5, 5.41) is 5.87. The van der Waals surface area contributed by atoms with Gasteiger partial charge in [-0.25, -0.2) is 0 Å². The monoisotopic (exact) mass is 459 g/mol. The average molecular weight is 460 g/mol. The minimum Gasteiger partial charge on any atom is -0.406 e. The number of aromatic nitrogens is 2. The van der Waals surface area contributed by atoms with Gasteiger partial charge in [0.25, 0.3) is 0 Å². The van der Waals surface area contributed by atoms with E-state index in [1.54, 1.807) is 0 Å². The Kier molecular flexibility index (Phi) is 6.07. The molecule has 12 heteroatoms. The molecule has 0 radical (unpaired) electrons. The lowest BCUT2D eigenvalue weighted by Crippen LogP contribution is -2.17. The van der Waals surface area contributed by atoms with E-state index in [1.807, 2.05) is 0 Å². The lowest BCUT2D eigenvalue weighted by Gasteiger charge is -2.10. The summed E-state index contributed by atoms with van der Waals surface area (Å²) in [5.41, 5.74) is -0.659. The maximum Gasteiger partial charge on any atom is 0.573 e. The van der Waals surface area contributed by atoms with Crippen molar-refractivity contribution < 1.29 is 35.9 Å². The van der Waals surface area contributed by atoms with Crippen LogP contribution in [0.5, 0.6) is 5.75 Å². The third-order valence-electron chi connectivity index (χ3n) is 3.32. The molecule has 5 nitrogen and oxygen atoms in total. The normalized spacial score (nSPS) is 12.1. The Hall–Kier alpha value is -2.24. The van der Waals surface area contributed by atoms with Crippen LogP contribution in [0.4, 0.5) is 32.0 Å². The van der Waals surface area contributed by atoms with Crippen LogP contribution >= 0.6 is 15.9 Å². The van der Waals surface area contributed by atoms with Crippen LogP contribution in [0.2, 0.25) is 0 Å². The number of aryl methyl sites for hydroxylation is 1. The Labute approximate surface area is 157 Å². The van der Waals surface area contributed by atoms with Crippen molar-refractivity contribution in [2.45, 2.75) is 32.4 Å². The fourth-order valence-electron chi connectivity index (χ4n) is 2.09. The second-order valence-corrected chi connectivity index (χ2v) is 6.13. The van der Waals surface area contributed by atoms with Crippen LogP contribution < -0.4 is 10.1 Å². The van der Waals surface area contributed by atoms with E-state index in [0.717, 1.165) is 16.8 Å². The Morgan fingerprint density at radius 3 is 2.26 bits per heavy atom. The third-order valence-corrected chi connectivity index (χ3v) is 4.27. The largest absolute Gasteiger partial charge is 0.573 e. The highest BCUT2D eigenvalue weighted by atomic mass is 79.9. The third kappa shape index (κ3) is 5.88. The van der Waals surface area contributed by atoms with Gasteiger partial charge in [0.1, 0.15) is 5.75 Å². The number of halogens is 7. The van der Waals surface area contributed by atoms with E-state index in [1.165, 1.54) is 19.1 Å². The van der Waals surface area contributed by atoms with E-state index in [2.05, 4.69) is 31.1 Å². The Morgan fingerprint density at radius 1 is 1.19 bits per heavy atom. The minimum atomic E-state index is -4.82. The van der Waals surface area contributed by atoms with E-state index in [9.17, 15) is 31.1 Å². The van der Waals surface area contributed by atoms with Gasteiger partial charge in [0, 0.05) is 12.1 Å². The van der Waals surface area contributed by atoms with Crippen LogP contribution in [0, 0.1) is 6.92 Å². The van der Waals surface area contributed by atoms with Crippen LogP contribution in [-0.2, 0) is 17.5 Å². The molecule has 0 fully saturated rings. The van der Waals surface area contributed by atoms with Crippen LogP contribution in [0.15, 0.2) is 28.7 Å². The molecule has 1 amide bonds. The van der Waals surface area contributed by atoms with E-state index in [0.29, 0.717) is 0 Å². The smallest absolute Gasteiger partial charge is 0.406 e. The summed E-state index contributed by atoms with van der Waals surface area (Å²) in [6.45, 7) is 1.31. The summed E-state index contributed by atoms with van der Waals surface area (Å²) >= 11 is 2.83. The molecule has 1 heterocycles. The number of nitrogens with one attached hydrogen (secondary N) is 1. The van der Waals surface area contributed by atoms with Gasteiger partial charge >= 0.3 is 12.5 Å². The molecule has 27 heavy (non-hydrogen) atoms. The van der Waals surface area contributed by atoms with Gasteiger partial charge < -0.3 is 10.1 Å². The number of alkyl halides is 6. The molecule has 1 aromatic heterocycles. The summed E-state index contributed by atoms with van der Waals surface area (Å²) in [7, 11) is 0. The highest BCUT2D eigenvalue weighted by Gasteiger charge is 2.37. The zero-order chi connectivity index (χ0) is 20.4. The highest BCUT2D eigenvalue weighted by Crippen LogP contribution is 2.35. The van der Waals surface area contributed by atoms with E-state index >= 15 is 0 Å². The lowest BCUT2D eigenvalue weighted by atomic mass is 10.3. The number of rotatable bonds is 5. The maximum atomic E-state index is 12.8. The first-order chi connectivity index (χ1) is 12.4. The van der Waals surface area contributed by atoms with Gasteiger partial charge in [-0.05, 0) is 47.1 Å². The van der Waals surface area contributed by atoms with Gasteiger partial charge in [0.05, 0.1) is 16.7 Å². The number of nitrogens with zero attached hydrogens (tertiary/aromatic N) is 2. The van der Waals surface area contributed by atoms with Crippen LogP contribution in [0.3, 0.4) is 0 Å². The van der Waals surface area contributed by atoms with Gasteiger partial charge in [0.2, 0.25) is 5.91 Å². The van der Waals surface area contributed by atoms with E-state index < -0.39 is 29.9 Å². The molecule has 0 aliphatic rings. The van der Waals surface area contributed by atoms with Crippen LogP contribution in [0.1, 0.15) is 17.8 Å². The Bertz CT molecular complexity index is 815. The first-order valence-electron chi connectivity index (χ1n) is 7.32. The fourth-order valence-corrected chi connectivity index (χ4v) is 2.60. The first-order valence-corrected chi connectivity index (χ1v) is 8.12. The number of benzene rings is 1. The van der Waals surface area contributed by atoms with Crippen molar-refractivity contribution in [3.05, 3.63) is 40.1 Å². The topological polar surface area (TPSA) is 56.2 Å². The van der Waals surface area contributed by atoms with Crippen molar-refractivity contribution in [1.82, 2.24) is 9.78 Å². The molecule has 0 atom stereocenters. The van der Waals surface area contributed by atoms with Crippen LogP contribution in [-0.4, -0.2) is 22.1 Å². The number of carbonyl (C=O) groups excluding carboxylic acids is 1. The summed E-state index contributed by atoms with van der Waals surface area (Å²) in [4.78, 5) is 11.9. The van der Waals surface area contributed by atoms with Gasteiger partial charge in [-0.3, -0.25) is 9.48 Å². The molecule has 0 bridgehead atoms. The van der Waals surface area contributed by atoms with Gasteiger partial charge in [-0.1, -0.05) is 0 Å². The fraction of sp³-hybridized carbons (Fsp3) is 0.333. The molecule has 0 saturated carbocycles. The van der Waals surface area contributed by atoms with Crippen molar-refractivity contribution in [1.29, 1.82) is 0 Å². The second-order valence-electron chi connectivity index (χ2n) is 5.34.